The van der Waals surface area contributed by atoms with Crippen LogP contribution in [0.15, 0.2) is 35.3 Å². The standard InChI is InChI=1S/C21H32N6O3/c1-3-17(29)27-13-11-21(24-2,15-8-5-4-6-9-15)18(27)19(30)26-16(14-28)10-7-12-25-20(22)23/h4-6,8-9,14,16,18,24H,3,7,10-13H2,1-2H3,(H,26,30)(H4,22,23,25)/t16-,18+,21?/m0/s1. The second kappa shape index (κ2) is 10.7. The van der Waals surface area contributed by atoms with Crippen molar-refractivity contribution in [3.63, 3.8) is 0 Å². The van der Waals surface area contributed by atoms with Crippen LogP contribution in [0.4, 0.5) is 0 Å². The maximum atomic E-state index is 13.4. The summed E-state index contributed by atoms with van der Waals surface area (Å²) in [7, 11) is 1.79. The first kappa shape index (κ1) is 23.3. The minimum atomic E-state index is -0.766. The lowest BCUT2D eigenvalue weighted by molar-refractivity contribution is -0.140. The quantitative estimate of drug-likeness (QED) is 0.181. The summed E-state index contributed by atoms with van der Waals surface area (Å²) >= 11 is 0. The van der Waals surface area contributed by atoms with E-state index in [0.29, 0.717) is 45.1 Å². The second-order valence-corrected chi connectivity index (χ2v) is 7.38. The number of likely N-dealkylation sites (tertiary alicyclic amines) is 1. The average Bonchev–Trinajstić information content (AvgIpc) is 3.16. The van der Waals surface area contributed by atoms with E-state index in [-0.39, 0.29) is 17.8 Å². The highest BCUT2D eigenvalue weighted by atomic mass is 16.2. The number of amides is 2. The van der Waals surface area contributed by atoms with Gasteiger partial charge in [0.25, 0.3) is 0 Å². The van der Waals surface area contributed by atoms with Crippen molar-refractivity contribution in [3.05, 3.63) is 35.9 Å². The highest BCUT2D eigenvalue weighted by Gasteiger charge is 2.53. The Morgan fingerprint density at radius 3 is 2.60 bits per heavy atom. The molecule has 1 unspecified atom stereocenters. The molecule has 1 heterocycles. The largest absolute Gasteiger partial charge is 0.370 e. The van der Waals surface area contributed by atoms with Crippen LogP contribution < -0.4 is 22.1 Å². The summed E-state index contributed by atoms with van der Waals surface area (Å²) < 4.78 is 0. The van der Waals surface area contributed by atoms with Crippen LogP contribution in [0.2, 0.25) is 0 Å². The molecule has 2 amide bonds. The van der Waals surface area contributed by atoms with Gasteiger partial charge in [0.05, 0.1) is 11.6 Å². The third kappa shape index (κ3) is 5.15. The first-order valence-electron chi connectivity index (χ1n) is 10.2. The van der Waals surface area contributed by atoms with Crippen LogP contribution in [0.1, 0.15) is 38.2 Å². The predicted octanol–water partition coefficient (Wildman–Crippen LogP) is -0.150. The molecule has 1 aliphatic heterocycles. The maximum Gasteiger partial charge on any atom is 0.245 e. The fourth-order valence-corrected chi connectivity index (χ4v) is 4.06. The Bertz CT molecular complexity index is 765. The van der Waals surface area contributed by atoms with Gasteiger partial charge in [0, 0.05) is 19.5 Å². The number of hydrogen-bond acceptors (Lipinski definition) is 5. The Hall–Kier alpha value is -2.94. The Morgan fingerprint density at radius 2 is 2.03 bits per heavy atom. The van der Waals surface area contributed by atoms with Crippen molar-refractivity contribution in [2.45, 2.75) is 50.2 Å². The van der Waals surface area contributed by atoms with Crippen LogP contribution >= 0.6 is 0 Å². The normalized spacial score (nSPS) is 21.7. The van der Waals surface area contributed by atoms with Gasteiger partial charge in [-0.25, -0.2) is 0 Å². The molecule has 164 valence electrons. The van der Waals surface area contributed by atoms with Gasteiger partial charge in [0.15, 0.2) is 5.96 Å². The van der Waals surface area contributed by atoms with E-state index in [9.17, 15) is 14.4 Å². The van der Waals surface area contributed by atoms with E-state index >= 15 is 0 Å². The Morgan fingerprint density at radius 1 is 1.33 bits per heavy atom. The van der Waals surface area contributed by atoms with Gasteiger partial charge in [-0.05, 0) is 31.9 Å². The monoisotopic (exact) mass is 416 g/mol. The molecule has 30 heavy (non-hydrogen) atoms. The molecule has 0 radical (unpaired) electrons. The van der Waals surface area contributed by atoms with E-state index < -0.39 is 17.6 Å². The molecule has 9 heteroatoms. The van der Waals surface area contributed by atoms with E-state index in [4.69, 9.17) is 11.5 Å². The number of hydrogen-bond donors (Lipinski definition) is 4. The van der Waals surface area contributed by atoms with Gasteiger partial charge in [-0.2, -0.15) is 0 Å². The lowest BCUT2D eigenvalue weighted by Crippen LogP contribution is -2.60. The first-order valence-corrected chi connectivity index (χ1v) is 10.2. The fraction of sp³-hybridized carbons (Fsp3) is 0.524. The molecular weight excluding hydrogens is 384 g/mol. The van der Waals surface area contributed by atoms with Crippen LogP contribution in [-0.4, -0.2) is 61.2 Å². The Balaban J connectivity index is 2.26. The molecule has 0 spiro atoms. The lowest BCUT2D eigenvalue weighted by atomic mass is 9.82. The van der Waals surface area contributed by atoms with Crippen molar-refractivity contribution in [3.8, 4) is 0 Å². The van der Waals surface area contributed by atoms with Crippen LogP contribution in [0.5, 0.6) is 0 Å². The summed E-state index contributed by atoms with van der Waals surface area (Å²) in [5.74, 6) is -0.465. The predicted molar refractivity (Wildman–Crippen MR) is 115 cm³/mol. The molecule has 1 aromatic carbocycles. The van der Waals surface area contributed by atoms with Gasteiger partial charge in [-0.15, -0.1) is 0 Å². The molecule has 0 aliphatic carbocycles. The molecule has 0 bridgehead atoms. The summed E-state index contributed by atoms with van der Waals surface area (Å²) in [5.41, 5.74) is 10.8. The SMILES string of the molecule is CCC(=O)N1CCC(NC)(c2ccccc2)[C@H]1C(=O)N[C@H](C=O)CCCN=C(N)N. The molecule has 0 saturated carbocycles. The number of aldehydes is 1. The number of carbonyl (C=O) groups is 3. The van der Waals surface area contributed by atoms with Gasteiger partial charge < -0.3 is 31.8 Å². The third-order valence-electron chi connectivity index (χ3n) is 5.59. The molecule has 0 aromatic heterocycles. The van der Waals surface area contributed by atoms with Gasteiger partial charge in [-0.1, -0.05) is 37.3 Å². The topological polar surface area (TPSA) is 143 Å². The number of benzene rings is 1. The minimum Gasteiger partial charge on any atom is -0.370 e. The van der Waals surface area contributed by atoms with Gasteiger partial charge in [0.1, 0.15) is 12.3 Å². The maximum absolute atomic E-state index is 13.4. The fourth-order valence-electron chi connectivity index (χ4n) is 4.06. The van der Waals surface area contributed by atoms with Crippen molar-refractivity contribution in [1.29, 1.82) is 0 Å². The molecule has 1 fully saturated rings. The zero-order valence-corrected chi connectivity index (χ0v) is 17.6. The summed E-state index contributed by atoms with van der Waals surface area (Å²) in [6.45, 7) is 2.60. The average molecular weight is 417 g/mol. The molecule has 1 aromatic rings. The van der Waals surface area contributed by atoms with E-state index in [1.165, 1.54) is 0 Å². The summed E-state index contributed by atoms with van der Waals surface area (Å²) in [6, 6.07) is 8.17. The van der Waals surface area contributed by atoms with Crippen molar-refractivity contribution in [2.24, 2.45) is 16.5 Å². The first-order chi connectivity index (χ1) is 14.4. The zero-order valence-electron chi connectivity index (χ0n) is 17.6. The van der Waals surface area contributed by atoms with E-state index in [0.717, 1.165) is 5.56 Å². The van der Waals surface area contributed by atoms with E-state index in [1.54, 1.807) is 18.9 Å². The molecule has 3 atom stereocenters. The number of carbonyl (C=O) groups excluding carboxylic acids is 3. The highest BCUT2D eigenvalue weighted by molar-refractivity contribution is 5.91. The third-order valence-corrected chi connectivity index (χ3v) is 5.59. The van der Waals surface area contributed by atoms with Crippen LogP contribution in [0.25, 0.3) is 0 Å². The molecule has 2 rings (SSSR count). The van der Waals surface area contributed by atoms with E-state index in [1.807, 2.05) is 30.3 Å². The molecule has 9 nitrogen and oxygen atoms in total. The van der Waals surface area contributed by atoms with Crippen LogP contribution in [0, 0.1) is 0 Å². The number of nitrogens with one attached hydrogen (secondary N) is 2. The summed E-state index contributed by atoms with van der Waals surface area (Å²) in [4.78, 5) is 43.0. The van der Waals surface area contributed by atoms with Crippen LogP contribution in [-0.2, 0) is 19.9 Å². The molecule has 1 saturated heterocycles. The van der Waals surface area contributed by atoms with Crippen molar-refractivity contribution in [2.75, 3.05) is 20.1 Å². The zero-order chi connectivity index (χ0) is 22.1. The number of guanidine groups is 1. The number of nitrogens with zero attached hydrogens (tertiary/aromatic N) is 2. The number of likely N-dealkylation sites (N-methyl/N-ethyl adjacent to an activating group) is 1. The number of rotatable bonds is 10. The molecule has 1 aliphatic rings. The van der Waals surface area contributed by atoms with Gasteiger partial charge in [0.2, 0.25) is 11.8 Å². The number of aliphatic imine (C=N–C) groups is 1. The van der Waals surface area contributed by atoms with Gasteiger partial charge in [-0.3, -0.25) is 14.6 Å². The molecular formula is C21H32N6O3. The summed E-state index contributed by atoms with van der Waals surface area (Å²) in [6.07, 6.45) is 2.54. The number of nitrogens with two attached hydrogens (primary N) is 2. The summed E-state index contributed by atoms with van der Waals surface area (Å²) in [5, 5.41) is 6.11. The van der Waals surface area contributed by atoms with Gasteiger partial charge >= 0.3 is 0 Å². The smallest absolute Gasteiger partial charge is 0.245 e. The Labute approximate surface area is 177 Å². The Kier molecular flexibility index (Phi) is 8.35. The van der Waals surface area contributed by atoms with E-state index in [2.05, 4.69) is 15.6 Å². The van der Waals surface area contributed by atoms with Crippen molar-refractivity contribution in [1.82, 2.24) is 15.5 Å². The van der Waals surface area contributed by atoms with Crippen LogP contribution in [0.3, 0.4) is 0 Å². The lowest BCUT2D eigenvalue weighted by Gasteiger charge is -2.38. The molecule has 6 N–H and O–H groups in total. The van der Waals surface area contributed by atoms with Crippen molar-refractivity contribution < 1.29 is 14.4 Å². The highest BCUT2D eigenvalue weighted by Crippen LogP contribution is 2.38. The van der Waals surface area contributed by atoms with Crippen molar-refractivity contribution >= 4 is 24.1 Å². The minimum absolute atomic E-state index is 0.0111. The second-order valence-electron chi connectivity index (χ2n) is 7.38.